The van der Waals surface area contributed by atoms with Crippen LogP contribution in [0, 0.1) is 0 Å². The molecule has 0 saturated carbocycles. The fourth-order valence-corrected chi connectivity index (χ4v) is 3.68. The monoisotopic (exact) mass is 430 g/mol. The summed E-state index contributed by atoms with van der Waals surface area (Å²) >= 11 is 2.97. The number of aliphatic carboxylic acids is 1. The number of hydrogen-bond acceptors (Lipinski definition) is 5. The molecule has 0 aliphatic heterocycles. The summed E-state index contributed by atoms with van der Waals surface area (Å²) in [7, 11) is 0. The van der Waals surface area contributed by atoms with Crippen LogP contribution in [-0.2, 0) is 14.3 Å². The molecule has 7 heteroatoms. The number of carbonyl (C=O) groups excluding carboxylic acids is 3. The lowest BCUT2D eigenvalue weighted by Crippen LogP contribution is -2.45. The average Bonchev–Trinajstić information content (AvgIpc) is 2.99. The second-order valence-corrected chi connectivity index (χ2v) is 6.76. The number of carboxylic acids is 1. The van der Waals surface area contributed by atoms with E-state index in [2.05, 4.69) is 21.2 Å². The summed E-state index contributed by atoms with van der Waals surface area (Å²) in [6.07, 6.45) is -1.44. The summed E-state index contributed by atoms with van der Waals surface area (Å²) in [5.41, 5.74) is 4.33. The number of hydrogen-bond donors (Lipinski definition) is 1. The van der Waals surface area contributed by atoms with Crippen molar-refractivity contribution in [3.63, 3.8) is 0 Å². The number of halogens is 1. The van der Waals surface area contributed by atoms with E-state index in [1.165, 1.54) is 0 Å². The third-order valence-electron chi connectivity index (χ3n) is 4.53. The molecule has 0 heterocycles. The predicted octanol–water partition coefficient (Wildman–Crippen LogP) is 2.00. The van der Waals surface area contributed by atoms with Crippen molar-refractivity contribution < 1.29 is 24.2 Å². The minimum Gasteiger partial charge on any atom is -0.550 e. The molecule has 1 N–H and O–H groups in total. The highest BCUT2D eigenvalue weighted by atomic mass is 79.9. The molecule has 1 atom stereocenters. The average molecular weight is 431 g/mol. The van der Waals surface area contributed by atoms with E-state index in [9.17, 15) is 19.5 Å². The van der Waals surface area contributed by atoms with Crippen LogP contribution in [0.15, 0.2) is 48.5 Å². The maximum atomic E-state index is 12.1. The molecule has 0 saturated heterocycles. The Morgan fingerprint density at radius 2 is 1.59 bits per heavy atom. The van der Waals surface area contributed by atoms with Gasteiger partial charge in [-0.15, -0.1) is 0 Å². The van der Waals surface area contributed by atoms with Crippen LogP contribution in [0.3, 0.4) is 0 Å². The van der Waals surface area contributed by atoms with E-state index in [4.69, 9.17) is 4.74 Å². The first-order valence-electron chi connectivity index (χ1n) is 8.41. The van der Waals surface area contributed by atoms with Crippen molar-refractivity contribution in [3.8, 4) is 11.1 Å². The molecular weight excluding hydrogens is 414 g/mol. The summed E-state index contributed by atoms with van der Waals surface area (Å²) in [5.74, 6) is -2.00. The fraction of sp³-hybridized carbons (Fsp3) is 0.250. The summed E-state index contributed by atoms with van der Waals surface area (Å²) in [4.78, 5) is 34.7. The molecule has 1 unspecified atom stereocenters. The van der Waals surface area contributed by atoms with Gasteiger partial charge in [0.15, 0.2) is 5.78 Å². The number of nitrogens with one attached hydrogen (secondary N) is 1. The third-order valence-corrected chi connectivity index (χ3v) is 5.08. The maximum Gasteiger partial charge on any atom is 0.407 e. The SMILES string of the molecule is O=C([O-])CC(NC(=O)OCC1c2ccccc2-c2ccccc21)C(=O)CBr. The van der Waals surface area contributed by atoms with Crippen LogP contribution in [-0.4, -0.2) is 35.8 Å². The Morgan fingerprint density at radius 3 is 2.11 bits per heavy atom. The first-order chi connectivity index (χ1) is 13.0. The summed E-state index contributed by atoms with van der Waals surface area (Å²) < 4.78 is 5.32. The normalized spacial score (nSPS) is 13.4. The number of amides is 1. The fourth-order valence-electron chi connectivity index (χ4n) is 3.29. The zero-order valence-electron chi connectivity index (χ0n) is 14.3. The number of rotatable bonds is 7. The molecule has 27 heavy (non-hydrogen) atoms. The molecule has 0 bridgehead atoms. The van der Waals surface area contributed by atoms with Gasteiger partial charge in [-0.1, -0.05) is 64.5 Å². The van der Waals surface area contributed by atoms with E-state index in [0.29, 0.717) is 0 Å². The van der Waals surface area contributed by atoms with Gasteiger partial charge in [0.2, 0.25) is 0 Å². The topological polar surface area (TPSA) is 95.5 Å². The Kier molecular flexibility index (Phi) is 5.91. The molecular formula is C20H17BrNO5-. The van der Waals surface area contributed by atoms with Crippen LogP contribution in [0.25, 0.3) is 11.1 Å². The Bertz CT molecular complexity index is 837. The molecule has 0 fully saturated rings. The van der Waals surface area contributed by atoms with Crippen molar-refractivity contribution >= 4 is 33.8 Å². The summed E-state index contributed by atoms with van der Waals surface area (Å²) in [6, 6.07) is 14.6. The number of alkyl halides is 1. The van der Waals surface area contributed by atoms with Crippen LogP contribution in [0.1, 0.15) is 23.5 Å². The number of fused-ring (bicyclic) bond motifs is 3. The van der Waals surface area contributed by atoms with Crippen LogP contribution >= 0.6 is 15.9 Å². The summed E-state index contributed by atoms with van der Waals surface area (Å²) in [6.45, 7) is 0.0837. The molecule has 1 amide bonds. The number of carbonyl (C=O) groups is 3. The van der Waals surface area contributed by atoms with E-state index in [1.54, 1.807) is 0 Å². The lowest BCUT2D eigenvalue weighted by atomic mass is 9.98. The highest BCUT2D eigenvalue weighted by molar-refractivity contribution is 9.09. The molecule has 2 aromatic rings. The van der Waals surface area contributed by atoms with Crippen LogP contribution in [0.4, 0.5) is 4.79 Å². The van der Waals surface area contributed by atoms with Crippen LogP contribution in [0.5, 0.6) is 0 Å². The second kappa shape index (κ2) is 8.35. The standard InChI is InChI=1S/C20H18BrNO5/c21-10-18(23)17(9-19(24)25)22-20(26)27-11-16-14-7-3-1-5-12(14)13-6-2-4-8-15(13)16/h1-8,16-17H,9-11H2,(H,22,26)(H,24,25)/p-1. The highest BCUT2D eigenvalue weighted by Gasteiger charge is 2.29. The molecule has 1 aliphatic carbocycles. The number of Topliss-reactive ketones (excluding diaryl/α,β-unsaturated/α-hetero) is 1. The van der Waals surface area contributed by atoms with Crippen molar-refractivity contribution in [3.05, 3.63) is 59.7 Å². The molecule has 0 radical (unpaired) electrons. The van der Waals surface area contributed by atoms with E-state index in [1.807, 2.05) is 48.5 Å². The van der Waals surface area contributed by atoms with Gasteiger partial charge in [-0.05, 0) is 22.3 Å². The smallest absolute Gasteiger partial charge is 0.407 e. The largest absolute Gasteiger partial charge is 0.550 e. The zero-order valence-corrected chi connectivity index (χ0v) is 15.9. The molecule has 140 valence electrons. The maximum absolute atomic E-state index is 12.1. The summed E-state index contributed by atoms with van der Waals surface area (Å²) in [5, 5.41) is 13.0. The van der Waals surface area contributed by atoms with E-state index in [0.717, 1.165) is 22.3 Å². The van der Waals surface area contributed by atoms with Crippen molar-refractivity contribution in [1.82, 2.24) is 5.32 Å². The highest BCUT2D eigenvalue weighted by Crippen LogP contribution is 2.44. The van der Waals surface area contributed by atoms with Gasteiger partial charge in [0.05, 0.1) is 11.4 Å². The quantitative estimate of drug-likeness (QED) is 0.677. The zero-order chi connectivity index (χ0) is 19.4. The minimum atomic E-state index is -1.42. The molecule has 6 nitrogen and oxygen atoms in total. The van der Waals surface area contributed by atoms with Gasteiger partial charge in [0, 0.05) is 18.3 Å². The minimum absolute atomic E-state index is 0.0748. The number of benzene rings is 2. The molecule has 0 spiro atoms. The number of carboxylic acid groups (broad SMARTS) is 1. The van der Waals surface area contributed by atoms with E-state index < -0.39 is 30.3 Å². The van der Waals surface area contributed by atoms with Gasteiger partial charge in [0.1, 0.15) is 6.61 Å². The number of alkyl carbamates (subject to hydrolysis) is 1. The van der Waals surface area contributed by atoms with Gasteiger partial charge < -0.3 is 20.0 Å². The van der Waals surface area contributed by atoms with Gasteiger partial charge in [-0.3, -0.25) is 4.79 Å². The van der Waals surface area contributed by atoms with Crippen LogP contribution < -0.4 is 10.4 Å². The van der Waals surface area contributed by atoms with Gasteiger partial charge >= 0.3 is 6.09 Å². The molecule has 2 aromatic carbocycles. The molecule has 1 aliphatic rings. The third kappa shape index (κ3) is 4.19. The van der Waals surface area contributed by atoms with Crippen molar-refractivity contribution in [1.29, 1.82) is 0 Å². The number of ketones is 1. The lowest BCUT2D eigenvalue weighted by molar-refractivity contribution is -0.306. The van der Waals surface area contributed by atoms with Crippen molar-refractivity contribution in [2.24, 2.45) is 0 Å². The van der Waals surface area contributed by atoms with Gasteiger partial charge in [-0.25, -0.2) is 4.79 Å². The van der Waals surface area contributed by atoms with E-state index in [-0.39, 0.29) is 17.9 Å². The Balaban J connectivity index is 1.70. The second-order valence-electron chi connectivity index (χ2n) is 6.20. The number of ether oxygens (including phenoxy) is 1. The first-order valence-corrected chi connectivity index (χ1v) is 9.53. The molecule has 0 aromatic heterocycles. The van der Waals surface area contributed by atoms with Crippen molar-refractivity contribution in [2.75, 3.05) is 11.9 Å². The molecule has 3 rings (SSSR count). The Labute approximate surface area is 164 Å². The lowest BCUT2D eigenvalue weighted by Gasteiger charge is -2.19. The Hall–Kier alpha value is -2.67. The van der Waals surface area contributed by atoms with E-state index >= 15 is 0 Å². The van der Waals surface area contributed by atoms with Gasteiger partial charge in [0.25, 0.3) is 0 Å². The predicted molar refractivity (Wildman–Crippen MR) is 100 cm³/mol. The van der Waals surface area contributed by atoms with Crippen LogP contribution in [0.2, 0.25) is 0 Å². The first kappa shape index (κ1) is 19.1. The Morgan fingerprint density at radius 1 is 1.04 bits per heavy atom. The van der Waals surface area contributed by atoms with Gasteiger partial charge in [-0.2, -0.15) is 0 Å². The van der Waals surface area contributed by atoms with Crippen molar-refractivity contribution in [2.45, 2.75) is 18.4 Å².